The van der Waals surface area contributed by atoms with Gasteiger partial charge in [-0.05, 0) is 25.7 Å². The van der Waals surface area contributed by atoms with Crippen LogP contribution in [0.15, 0.2) is 5.16 Å². The molecule has 0 heterocycles. The van der Waals surface area contributed by atoms with Crippen molar-refractivity contribution in [3.05, 3.63) is 0 Å². The first-order valence-corrected chi connectivity index (χ1v) is 3.63. The molecule has 1 radical (unpaired) electrons. The normalized spacial score (nSPS) is 19.0. The molecule has 10 heavy (non-hydrogen) atoms. The first-order valence-electron chi connectivity index (χ1n) is 3.63. The van der Waals surface area contributed by atoms with Crippen molar-refractivity contribution in [3.8, 4) is 0 Å². The van der Waals surface area contributed by atoms with Gasteiger partial charge in [-0.2, -0.15) is 0 Å². The quantitative estimate of drug-likeness (QED) is 0.243. The van der Waals surface area contributed by atoms with Crippen molar-refractivity contribution in [2.45, 2.75) is 38.5 Å². The third-order valence-electron chi connectivity index (χ3n) is 1.82. The zero-order valence-corrected chi connectivity index (χ0v) is 8.64. The van der Waals surface area contributed by atoms with Crippen molar-refractivity contribution in [1.82, 2.24) is 0 Å². The molecule has 1 aliphatic carbocycles. The average molecular weight is 150 g/mol. The van der Waals surface area contributed by atoms with E-state index in [-0.39, 0.29) is 29.6 Å². The van der Waals surface area contributed by atoms with Gasteiger partial charge in [0.1, 0.15) is 0 Å². The Kier molecular flexibility index (Phi) is 6.49. The molecule has 0 aromatic carbocycles. The average Bonchev–Trinajstić information content (AvgIpc) is 2.13. The van der Waals surface area contributed by atoms with E-state index >= 15 is 0 Å². The molecular formula is C7H13NNaO. The van der Waals surface area contributed by atoms with Crippen LogP contribution in [-0.2, 0) is 0 Å². The zero-order chi connectivity index (χ0) is 6.53. The molecule has 1 fully saturated rings. The molecule has 53 valence electrons. The van der Waals surface area contributed by atoms with Gasteiger partial charge in [0.15, 0.2) is 0 Å². The van der Waals surface area contributed by atoms with E-state index in [9.17, 15) is 0 Å². The van der Waals surface area contributed by atoms with E-state index in [4.69, 9.17) is 5.21 Å². The maximum atomic E-state index is 8.40. The number of nitrogens with zero attached hydrogens (tertiary/aromatic N) is 1. The first kappa shape index (κ1) is 10.5. The Labute approximate surface area is 84.0 Å². The molecule has 3 heteroatoms. The summed E-state index contributed by atoms with van der Waals surface area (Å²) in [6, 6.07) is 0. The molecule has 0 atom stereocenters. The van der Waals surface area contributed by atoms with Gasteiger partial charge in [-0.3, -0.25) is 0 Å². The van der Waals surface area contributed by atoms with Gasteiger partial charge in [0.25, 0.3) is 0 Å². The van der Waals surface area contributed by atoms with Gasteiger partial charge in [-0.15, -0.1) is 0 Å². The van der Waals surface area contributed by atoms with Crippen molar-refractivity contribution < 1.29 is 5.21 Å². The fourth-order valence-corrected chi connectivity index (χ4v) is 1.24. The van der Waals surface area contributed by atoms with E-state index in [1.54, 1.807) is 0 Å². The summed E-state index contributed by atoms with van der Waals surface area (Å²) >= 11 is 0. The van der Waals surface area contributed by atoms with Gasteiger partial charge in [0, 0.05) is 29.6 Å². The summed E-state index contributed by atoms with van der Waals surface area (Å²) in [5, 5.41) is 11.6. The van der Waals surface area contributed by atoms with E-state index in [1.165, 1.54) is 25.7 Å². The number of hydrogen-bond acceptors (Lipinski definition) is 2. The summed E-state index contributed by atoms with van der Waals surface area (Å²) in [4.78, 5) is 0. The molecular weight excluding hydrogens is 137 g/mol. The summed E-state index contributed by atoms with van der Waals surface area (Å²) in [6.07, 6.45) is 7.05. The summed E-state index contributed by atoms with van der Waals surface area (Å²) in [5.41, 5.74) is 0.993. The van der Waals surface area contributed by atoms with Crippen molar-refractivity contribution >= 4 is 35.3 Å². The van der Waals surface area contributed by atoms with Crippen molar-refractivity contribution in [2.24, 2.45) is 5.16 Å². The van der Waals surface area contributed by atoms with Crippen LogP contribution in [0.5, 0.6) is 0 Å². The van der Waals surface area contributed by atoms with Crippen molar-refractivity contribution in [1.29, 1.82) is 0 Å². The number of rotatable bonds is 0. The third-order valence-corrected chi connectivity index (χ3v) is 1.82. The maximum absolute atomic E-state index is 8.40. The van der Waals surface area contributed by atoms with Crippen LogP contribution in [0.3, 0.4) is 0 Å². The Bertz CT molecular complexity index is 104. The zero-order valence-electron chi connectivity index (χ0n) is 6.64. The molecule has 1 aliphatic rings. The summed E-state index contributed by atoms with van der Waals surface area (Å²) in [5.74, 6) is 0. The molecule has 0 aromatic rings. The van der Waals surface area contributed by atoms with Crippen LogP contribution in [0.2, 0.25) is 0 Å². The second kappa shape index (κ2) is 6.20. The largest absolute Gasteiger partial charge is 0.411 e. The molecule has 0 saturated heterocycles. The Balaban J connectivity index is 0.000000810. The maximum Gasteiger partial charge on any atom is 0.0570 e. The standard InChI is InChI=1S/C7H13NO.Na/c9-8-7-5-3-1-2-4-6-7;/h9H,1-6H2;. The molecule has 0 aromatic heterocycles. The van der Waals surface area contributed by atoms with Crippen LogP contribution < -0.4 is 0 Å². The second-order valence-electron chi connectivity index (χ2n) is 2.58. The number of oxime groups is 1. The predicted molar refractivity (Wildman–Crippen MR) is 42.7 cm³/mol. The summed E-state index contributed by atoms with van der Waals surface area (Å²) < 4.78 is 0. The van der Waals surface area contributed by atoms with E-state index in [1.807, 2.05) is 0 Å². The van der Waals surface area contributed by atoms with Crippen LogP contribution in [0.25, 0.3) is 0 Å². The van der Waals surface area contributed by atoms with Crippen molar-refractivity contribution in [3.63, 3.8) is 0 Å². The SMILES string of the molecule is ON=C1CCCCCC1.[Na]. The molecule has 1 N–H and O–H groups in total. The summed E-state index contributed by atoms with van der Waals surface area (Å²) in [7, 11) is 0. The van der Waals surface area contributed by atoms with Crippen LogP contribution in [0.1, 0.15) is 38.5 Å². The van der Waals surface area contributed by atoms with Crippen molar-refractivity contribution in [2.75, 3.05) is 0 Å². The van der Waals surface area contributed by atoms with Gasteiger partial charge in [-0.1, -0.05) is 18.0 Å². The predicted octanol–water partition coefficient (Wildman–Crippen LogP) is 1.79. The smallest absolute Gasteiger partial charge is 0.0570 e. The Morgan fingerprint density at radius 1 is 1.00 bits per heavy atom. The molecule has 2 nitrogen and oxygen atoms in total. The van der Waals surface area contributed by atoms with Gasteiger partial charge in [0.05, 0.1) is 5.71 Å². The van der Waals surface area contributed by atoms with Gasteiger partial charge >= 0.3 is 0 Å². The minimum Gasteiger partial charge on any atom is -0.411 e. The molecule has 0 unspecified atom stereocenters. The Hall–Kier alpha value is 0.470. The Morgan fingerprint density at radius 3 is 1.90 bits per heavy atom. The molecule has 1 rings (SSSR count). The molecule has 0 spiro atoms. The minimum absolute atomic E-state index is 0. The van der Waals surface area contributed by atoms with Gasteiger partial charge < -0.3 is 5.21 Å². The van der Waals surface area contributed by atoms with Gasteiger partial charge in [-0.25, -0.2) is 0 Å². The second-order valence-corrected chi connectivity index (χ2v) is 2.58. The monoisotopic (exact) mass is 150 g/mol. The molecule has 0 bridgehead atoms. The minimum atomic E-state index is 0. The Morgan fingerprint density at radius 2 is 1.50 bits per heavy atom. The van der Waals surface area contributed by atoms with Crippen LogP contribution in [-0.4, -0.2) is 40.5 Å². The fraction of sp³-hybridized carbons (Fsp3) is 0.857. The molecule has 1 saturated carbocycles. The third kappa shape index (κ3) is 3.59. The molecule has 0 amide bonds. The topological polar surface area (TPSA) is 32.6 Å². The fourth-order valence-electron chi connectivity index (χ4n) is 1.24. The van der Waals surface area contributed by atoms with E-state index in [2.05, 4.69) is 5.16 Å². The first-order chi connectivity index (χ1) is 4.43. The van der Waals surface area contributed by atoms with Crippen LogP contribution in [0.4, 0.5) is 0 Å². The van der Waals surface area contributed by atoms with E-state index in [0.29, 0.717) is 0 Å². The van der Waals surface area contributed by atoms with Gasteiger partial charge in [0.2, 0.25) is 0 Å². The van der Waals surface area contributed by atoms with E-state index < -0.39 is 0 Å². The van der Waals surface area contributed by atoms with E-state index in [0.717, 1.165) is 18.6 Å². The van der Waals surface area contributed by atoms with Crippen LogP contribution >= 0.6 is 0 Å². The summed E-state index contributed by atoms with van der Waals surface area (Å²) in [6.45, 7) is 0. The molecule has 0 aliphatic heterocycles. The number of hydrogen-bond donors (Lipinski definition) is 1. The van der Waals surface area contributed by atoms with Crippen LogP contribution in [0, 0.1) is 0 Å².